The average molecular weight is 334 g/mol. The SMILES string of the molecule is Cc1ccc(NC(=O)c2ccc(C(=O)O)cc2)c(Br)c1. The molecule has 2 aromatic rings. The molecule has 0 atom stereocenters. The number of hydrogen-bond donors (Lipinski definition) is 2. The Morgan fingerprint density at radius 1 is 1.05 bits per heavy atom. The van der Waals surface area contributed by atoms with E-state index in [2.05, 4.69) is 21.2 Å². The first-order chi connectivity index (χ1) is 9.47. The van der Waals surface area contributed by atoms with Crippen LogP contribution in [0.25, 0.3) is 0 Å². The van der Waals surface area contributed by atoms with Crippen molar-refractivity contribution in [3.05, 3.63) is 63.6 Å². The summed E-state index contributed by atoms with van der Waals surface area (Å²) in [5.74, 6) is -1.30. The molecule has 0 spiro atoms. The van der Waals surface area contributed by atoms with E-state index in [1.54, 1.807) is 0 Å². The van der Waals surface area contributed by atoms with E-state index >= 15 is 0 Å². The number of benzene rings is 2. The van der Waals surface area contributed by atoms with Crippen LogP contribution in [0.5, 0.6) is 0 Å². The molecule has 102 valence electrons. The largest absolute Gasteiger partial charge is 0.478 e. The van der Waals surface area contributed by atoms with Gasteiger partial charge in [-0.05, 0) is 64.8 Å². The smallest absolute Gasteiger partial charge is 0.335 e. The lowest BCUT2D eigenvalue weighted by molar-refractivity contribution is 0.0696. The Morgan fingerprint density at radius 2 is 1.65 bits per heavy atom. The van der Waals surface area contributed by atoms with Crippen molar-refractivity contribution in [2.24, 2.45) is 0 Å². The van der Waals surface area contributed by atoms with E-state index in [9.17, 15) is 9.59 Å². The molecule has 2 aromatic carbocycles. The Kier molecular flexibility index (Phi) is 4.20. The molecule has 0 radical (unpaired) electrons. The van der Waals surface area contributed by atoms with Crippen molar-refractivity contribution in [1.29, 1.82) is 0 Å². The maximum absolute atomic E-state index is 12.1. The number of carbonyl (C=O) groups is 2. The van der Waals surface area contributed by atoms with E-state index < -0.39 is 5.97 Å². The van der Waals surface area contributed by atoms with Crippen LogP contribution in [-0.4, -0.2) is 17.0 Å². The van der Waals surface area contributed by atoms with Gasteiger partial charge in [-0.15, -0.1) is 0 Å². The normalized spacial score (nSPS) is 10.1. The number of carbonyl (C=O) groups excluding carboxylic acids is 1. The fourth-order valence-corrected chi connectivity index (χ4v) is 2.27. The summed E-state index contributed by atoms with van der Waals surface area (Å²) in [5.41, 5.74) is 2.31. The van der Waals surface area contributed by atoms with E-state index in [4.69, 9.17) is 5.11 Å². The van der Waals surface area contributed by atoms with E-state index in [1.807, 2.05) is 25.1 Å². The number of aromatic carboxylic acids is 1. The van der Waals surface area contributed by atoms with E-state index in [0.717, 1.165) is 10.0 Å². The number of anilines is 1. The molecule has 20 heavy (non-hydrogen) atoms. The van der Waals surface area contributed by atoms with Gasteiger partial charge in [-0.1, -0.05) is 6.07 Å². The summed E-state index contributed by atoms with van der Waals surface area (Å²) in [6.07, 6.45) is 0. The Labute approximate surface area is 124 Å². The Morgan fingerprint density at radius 3 is 2.20 bits per heavy atom. The third-order valence-electron chi connectivity index (χ3n) is 2.77. The number of nitrogens with one attached hydrogen (secondary N) is 1. The highest BCUT2D eigenvalue weighted by atomic mass is 79.9. The molecule has 0 unspecified atom stereocenters. The number of amides is 1. The molecule has 0 saturated heterocycles. The van der Waals surface area contributed by atoms with Gasteiger partial charge in [0.25, 0.3) is 5.91 Å². The monoisotopic (exact) mass is 333 g/mol. The number of aryl methyl sites for hydroxylation is 1. The third-order valence-corrected chi connectivity index (χ3v) is 3.42. The highest BCUT2D eigenvalue weighted by molar-refractivity contribution is 9.10. The standard InChI is InChI=1S/C15H12BrNO3/c1-9-2-7-13(12(16)8-9)17-14(18)10-3-5-11(6-4-10)15(19)20/h2-8H,1H3,(H,17,18)(H,19,20). The van der Waals surface area contributed by atoms with E-state index in [-0.39, 0.29) is 11.5 Å². The fourth-order valence-electron chi connectivity index (χ4n) is 1.68. The second kappa shape index (κ2) is 5.88. The van der Waals surface area contributed by atoms with Gasteiger partial charge < -0.3 is 10.4 Å². The van der Waals surface area contributed by atoms with Crippen LogP contribution < -0.4 is 5.32 Å². The molecule has 0 aliphatic rings. The molecular weight excluding hydrogens is 322 g/mol. The predicted molar refractivity (Wildman–Crippen MR) is 80.2 cm³/mol. The third kappa shape index (κ3) is 3.24. The number of carboxylic acids is 1. The summed E-state index contributed by atoms with van der Waals surface area (Å²) < 4.78 is 0.799. The van der Waals surface area contributed by atoms with Crippen LogP contribution in [0.1, 0.15) is 26.3 Å². The molecule has 1 amide bonds. The van der Waals surface area contributed by atoms with Crippen molar-refractivity contribution in [2.75, 3.05) is 5.32 Å². The van der Waals surface area contributed by atoms with Crippen LogP contribution >= 0.6 is 15.9 Å². The molecule has 2 N–H and O–H groups in total. The van der Waals surface area contributed by atoms with Gasteiger partial charge in [-0.25, -0.2) is 4.79 Å². The summed E-state index contributed by atoms with van der Waals surface area (Å²) in [4.78, 5) is 22.8. The topological polar surface area (TPSA) is 66.4 Å². The molecule has 0 aliphatic heterocycles. The quantitative estimate of drug-likeness (QED) is 0.899. The predicted octanol–water partition coefficient (Wildman–Crippen LogP) is 3.71. The first kappa shape index (κ1) is 14.3. The summed E-state index contributed by atoms with van der Waals surface area (Å²) >= 11 is 3.39. The molecule has 4 nitrogen and oxygen atoms in total. The molecule has 2 rings (SSSR count). The first-order valence-corrected chi connectivity index (χ1v) is 6.67. The number of rotatable bonds is 3. The Bertz CT molecular complexity index is 665. The lowest BCUT2D eigenvalue weighted by Gasteiger charge is -2.08. The Balaban J connectivity index is 2.17. The van der Waals surface area contributed by atoms with Crippen molar-refractivity contribution in [2.45, 2.75) is 6.92 Å². The second-order valence-corrected chi connectivity index (χ2v) is 5.17. The van der Waals surface area contributed by atoms with Crippen LogP contribution in [-0.2, 0) is 0 Å². The van der Waals surface area contributed by atoms with Crippen molar-refractivity contribution < 1.29 is 14.7 Å². The maximum atomic E-state index is 12.1. The van der Waals surface area contributed by atoms with Crippen LogP contribution in [0.2, 0.25) is 0 Å². The molecular formula is C15H12BrNO3. The van der Waals surface area contributed by atoms with Gasteiger partial charge in [0.15, 0.2) is 0 Å². The molecule has 0 heterocycles. The molecule has 0 aromatic heterocycles. The first-order valence-electron chi connectivity index (χ1n) is 5.88. The van der Waals surface area contributed by atoms with Gasteiger partial charge in [0.2, 0.25) is 0 Å². The van der Waals surface area contributed by atoms with Crippen LogP contribution in [0.3, 0.4) is 0 Å². The van der Waals surface area contributed by atoms with Gasteiger partial charge in [0.05, 0.1) is 11.3 Å². The van der Waals surface area contributed by atoms with E-state index in [1.165, 1.54) is 24.3 Å². The van der Waals surface area contributed by atoms with Crippen molar-refractivity contribution >= 4 is 33.5 Å². The van der Waals surface area contributed by atoms with Gasteiger partial charge in [-0.2, -0.15) is 0 Å². The lowest BCUT2D eigenvalue weighted by atomic mass is 10.1. The molecule has 0 bridgehead atoms. The zero-order valence-electron chi connectivity index (χ0n) is 10.7. The highest BCUT2D eigenvalue weighted by Gasteiger charge is 2.09. The number of halogens is 1. The van der Waals surface area contributed by atoms with Gasteiger partial charge in [0, 0.05) is 10.0 Å². The van der Waals surface area contributed by atoms with Gasteiger partial charge in [0.1, 0.15) is 0 Å². The highest BCUT2D eigenvalue weighted by Crippen LogP contribution is 2.23. The average Bonchev–Trinajstić information content (AvgIpc) is 2.42. The number of hydrogen-bond acceptors (Lipinski definition) is 2. The molecule has 5 heteroatoms. The van der Waals surface area contributed by atoms with Crippen LogP contribution in [0.15, 0.2) is 46.9 Å². The van der Waals surface area contributed by atoms with E-state index in [0.29, 0.717) is 11.3 Å². The van der Waals surface area contributed by atoms with Crippen molar-refractivity contribution in [3.8, 4) is 0 Å². The number of carboxylic acid groups (broad SMARTS) is 1. The molecule has 0 fully saturated rings. The zero-order chi connectivity index (χ0) is 14.7. The fraction of sp³-hybridized carbons (Fsp3) is 0.0667. The van der Waals surface area contributed by atoms with Crippen molar-refractivity contribution in [3.63, 3.8) is 0 Å². The van der Waals surface area contributed by atoms with Gasteiger partial charge in [-0.3, -0.25) is 4.79 Å². The molecule has 0 aliphatic carbocycles. The summed E-state index contributed by atoms with van der Waals surface area (Å²) in [6, 6.07) is 11.4. The maximum Gasteiger partial charge on any atom is 0.335 e. The van der Waals surface area contributed by atoms with Crippen molar-refractivity contribution in [1.82, 2.24) is 0 Å². The summed E-state index contributed by atoms with van der Waals surface area (Å²) in [7, 11) is 0. The lowest BCUT2D eigenvalue weighted by Crippen LogP contribution is -2.12. The second-order valence-electron chi connectivity index (χ2n) is 4.32. The zero-order valence-corrected chi connectivity index (χ0v) is 12.3. The minimum absolute atomic E-state index is 0.151. The molecule has 0 saturated carbocycles. The minimum Gasteiger partial charge on any atom is -0.478 e. The Hall–Kier alpha value is -2.14. The summed E-state index contributed by atoms with van der Waals surface area (Å²) in [6.45, 7) is 1.96. The minimum atomic E-state index is -1.02. The van der Waals surface area contributed by atoms with Crippen LogP contribution in [0, 0.1) is 6.92 Å². The van der Waals surface area contributed by atoms with Gasteiger partial charge >= 0.3 is 5.97 Å². The van der Waals surface area contributed by atoms with Crippen LogP contribution in [0.4, 0.5) is 5.69 Å². The summed E-state index contributed by atoms with van der Waals surface area (Å²) in [5, 5.41) is 11.6.